The summed E-state index contributed by atoms with van der Waals surface area (Å²) < 4.78 is 33.2. The van der Waals surface area contributed by atoms with E-state index in [1.807, 2.05) is 0 Å². The van der Waals surface area contributed by atoms with Crippen molar-refractivity contribution in [2.75, 3.05) is 26.4 Å². The summed E-state index contributed by atoms with van der Waals surface area (Å²) >= 11 is 0. The topological polar surface area (TPSA) is 134 Å². The van der Waals surface area contributed by atoms with Crippen molar-refractivity contribution in [1.82, 2.24) is 0 Å². The van der Waals surface area contributed by atoms with E-state index in [1.54, 1.807) is 0 Å². The highest BCUT2D eigenvalue weighted by atomic mass is 31.2. The molecular weight excluding hydrogens is 1270 g/mol. The maximum Gasteiger partial charge on any atom is 0.472 e. The number of allylic oxidation sites excluding steroid dienone is 42. The van der Waals surface area contributed by atoms with Gasteiger partial charge in [0.25, 0.3) is 0 Å². The van der Waals surface area contributed by atoms with Crippen LogP contribution in [0.5, 0.6) is 0 Å². The SMILES string of the molecule is CC/C=C\C/C=C\C/C=C\C/C=C\C/C=C\C/C=C\C/C=C\C/C=C\C/C=C\C/C=C\C/C=C\C/C=C\CCCCC(=O)OC(COC(=O)CCCCCCCCCCCCCCC/C=C\C/C=C\C/C=C\C/C=C\C/C=C\C/C=C\C/C=C\C/C=C\C/C=C\CC)COP(=O)(O)OCCN. The maximum absolute atomic E-state index is 12.8. The molecule has 0 aliphatic carbocycles. The molecule has 0 amide bonds. The molecule has 0 fully saturated rings. The molecule has 0 rings (SSSR count). The molecule has 0 saturated heterocycles. The second-order valence-corrected chi connectivity index (χ2v) is 26.2. The second-order valence-electron chi connectivity index (χ2n) is 24.8. The van der Waals surface area contributed by atoms with Gasteiger partial charge in [0.2, 0.25) is 0 Å². The molecule has 0 bridgehead atoms. The first-order chi connectivity index (χ1) is 49.8. The Labute approximate surface area is 618 Å². The third kappa shape index (κ3) is 82.4. The number of carbonyl (C=O) groups excluding carboxylic acids is 2. The van der Waals surface area contributed by atoms with E-state index < -0.39 is 32.5 Å². The number of rotatable bonds is 70. The lowest BCUT2D eigenvalue weighted by atomic mass is 10.0. The Balaban J connectivity index is 4.02. The van der Waals surface area contributed by atoms with Gasteiger partial charge in [-0.3, -0.25) is 18.6 Å². The highest BCUT2D eigenvalue weighted by Gasteiger charge is 2.26. The number of phosphoric acid groups is 1. The molecule has 101 heavy (non-hydrogen) atoms. The first kappa shape index (κ1) is 94.6. The van der Waals surface area contributed by atoms with E-state index in [-0.39, 0.29) is 32.6 Å². The summed E-state index contributed by atoms with van der Waals surface area (Å²) in [6, 6.07) is 0. The normalized spacial score (nSPS) is 14.3. The zero-order valence-corrected chi connectivity index (χ0v) is 64.2. The first-order valence-electron chi connectivity index (χ1n) is 39.2. The molecule has 0 aliphatic heterocycles. The van der Waals surface area contributed by atoms with Gasteiger partial charge < -0.3 is 20.1 Å². The predicted octanol–water partition coefficient (Wildman–Crippen LogP) is 26.9. The standard InChI is InChI=1S/C91H140NO8P/c1-3-5-7-9-11-13-15-17-19-21-23-25-27-29-31-33-35-37-39-41-43-44-46-47-49-51-53-55-57-59-61-63-65-67-69-71-73-75-77-79-81-83-90(93)97-87-89(88-99-101(95,96)98-86-85-92)100-91(94)84-82-80-78-76-74-72-70-68-66-64-62-60-58-56-54-52-50-48-45-42-40-38-36-34-32-30-28-26-24-22-20-18-16-14-12-10-8-6-4-2/h5-8,11-14,17-20,23-26,29-32,35-38,41-43,45-47,50-53,56,58,62,64,68,70,74,76,89H,3-4,9-10,15-16,21-22,27-28,33-34,39-40,44,48-49,54-55,57,59-61,63,65-67,69,71-73,75,77-88,92H2,1-2H3,(H,95,96)/b7-5-,8-6-,13-11-,14-12-,19-17-,20-18-,25-23-,26-24-,31-29-,32-30-,37-35-,38-36-,43-41-,45-42-,47-46-,52-50-,53-51-,58-56-,64-62-,70-68-,76-74-. The van der Waals surface area contributed by atoms with Crippen LogP contribution in [0.1, 0.15) is 271 Å². The summed E-state index contributed by atoms with van der Waals surface area (Å²) in [6.45, 7) is 3.44. The highest BCUT2D eigenvalue weighted by Crippen LogP contribution is 2.43. The van der Waals surface area contributed by atoms with Crippen LogP contribution in [-0.4, -0.2) is 49.3 Å². The Morgan fingerprint density at radius 3 is 0.782 bits per heavy atom. The van der Waals surface area contributed by atoms with Crippen LogP contribution in [0.4, 0.5) is 0 Å². The van der Waals surface area contributed by atoms with Crippen LogP contribution >= 0.6 is 7.82 Å². The van der Waals surface area contributed by atoms with Crippen molar-refractivity contribution in [2.45, 2.75) is 277 Å². The van der Waals surface area contributed by atoms with Crippen molar-refractivity contribution in [2.24, 2.45) is 5.73 Å². The van der Waals surface area contributed by atoms with Crippen LogP contribution in [0.15, 0.2) is 255 Å². The molecular formula is C91H140NO8P. The van der Waals surface area contributed by atoms with Gasteiger partial charge in [-0.15, -0.1) is 0 Å². The van der Waals surface area contributed by atoms with Crippen molar-refractivity contribution in [3.8, 4) is 0 Å². The molecule has 562 valence electrons. The summed E-state index contributed by atoms with van der Waals surface area (Å²) in [6.07, 6.45) is 132. The van der Waals surface area contributed by atoms with Gasteiger partial charge in [0.05, 0.1) is 13.2 Å². The fourth-order valence-corrected chi connectivity index (χ4v) is 10.5. The van der Waals surface area contributed by atoms with Gasteiger partial charge in [-0.05, 0) is 173 Å². The molecule has 2 atom stereocenters. The van der Waals surface area contributed by atoms with Crippen molar-refractivity contribution in [3.63, 3.8) is 0 Å². The largest absolute Gasteiger partial charge is 0.472 e. The van der Waals surface area contributed by atoms with Crippen LogP contribution in [0.2, 0.25) is 0 Å². The van der Waals surface area contributed by atoms with E-state index in [9.17, 15) is 19.0 Å². The van der Waals surface area contributed by atoms with Gasteiger partial charge in [0, 0.05) is 19.4 Å². The summed E-state index contributed by atoms with van der Waals surface area (Å²) in [7, 11) is -4.43. The molecule has 0 aromatic heterocycles. The number of hydrogen-bond acceptors (Lipinski definition) is 8. The van der Waals surface area contributed by atoms with Crippen molar-refractivity contribution >= 4 is 19.8 Å². The lowest BCUT2D eigenvalue weighted by Gasteiger charge is -2.19. The quantitative estimate of drug-likeness (QED) is 0.0264. The van der Waals surface area contributed by atoms with Gasteiger partial charge in [-0.2, -0.15) is 0 Å². The number of hydrogen-bond donors (Lipinski definition) is 2. The van der Waals surface area contributed by atoms with Crippen LogP contribution in [0.3, 0.4) is 0 Å². The second kappa shape index (κ2) is 82.5. The molecule has 0 radical (unpaired) electrons. The van der Waals surface area contributed by atoms with Gasteiger partial charge in [-0.1, -0.05) is 340 Å². The molecule has 9 nitrogen and oxygen atoms in total. The van der Waals surface area contributed by atoms with Crippen molar-refractivity contribution in [3.05, 3.63) is 255 Å². The first-order valence-corrected chi connectivity index (χ1v) is 40.7. The maximum atomic E-state index is 12.8. The lowest BCUT2D eigenvalue weighted by molar-refractivity contribution is -0.161. The Morgan fingerprint density at radius 2 is 0.515 bits per heavy atom. The van der Waals surface area contributed by atoms with E-state index >= 15 is 0 Å². The third-order valence-corrected chi connectivity index (χ3v) is 16.4. The molecule has 0 heterocycles. The van der Waals surface area contributed by atoms with Crippen LogP contribution < -0.4 is 5.73 Å². The molecule has 0 aromatic carbocycles. The minimum Gasteiger partial charge on any atom is -0.462 e. The number of ether oxygens (including phenoxy) is 2. The minimum atomic E-state index is -4.43. The number of esters is 2. The average molecular weight is 1410 g/mol. The van der Waals surface area contributed by atoms with Crippen LogP contribution in [0.25, 0.3) is 0 Å². The van der Waals surface area contributed by atoms with Gasteiger partial charge >= 0.3 is 19.8 Å². The number of phosphoric ester groups is 1. The van der Waals surface area contributed by atoms with E-state index in [1.165, 1.54) is 64.2 Å². The van der Waals surface area contributed by atoms with Crippen molar-refractivity contribution in [1.29, 1.82) is 0 Å². The summed E-state index contributed by atoms with van der Waals surface area (Å²) in [5.74, 6) is -0.896. The Bertz CT molecular complexity index is 2620. The smallest absolute Gasteiger partial charge is 0.462 e. The van der Waals surface area contributed by atoms with Crippen LogP contribution in [-0.2, 0) is 32.7 Å². The molecule has 0 saturated carbocycles. The minimum absolute atomic E-state index is 0.0334. The zero-order chi connectivity index (χ0) is 72.9. The van der Waals surface area contributed by atoms with Crippen molar-refractivity contribution < 1.29 is 37.6 Å². The molecule has 3 N–H and O–H groups in total. The highest BCUT2D eigenvalue weighted by molar-refractivity contribution is 7.47. The van der Waals surface area contributed by atoms with Gasteiger partial charge in [-0.25, -0.2) is 4.57 Å². The van der Waals surface area contributed by atoms with E-state index in [0.717, 1.165) is 167 Å². The molecule has 10 heteroatoms. The third-order valence-electron chi connectivity index (χ3n) is 15.4. The zero-order valence-electron chi connectivity index (χ0n) is 63.3. The van der Waals surface area contributed by atoms with E-state index in [0.29, 0.717) is 12.8 Å². The molecule has 2 unspecified atom stereocenters. The molecule has 0 aromatic rings. The lowest BCUT2D eigenvalue weighted by Crippen LogP contribution is -2.29. The summed E-state index contributed by atoms with van der Waals surface area (Å²) in [5, 5.41) is 0. The molecule has 0 aliphatic rings. The Kier molecular flexibility index (Phi) is 77.2. The van der Waals surface area contributed by atoms with Gasteiger partial charge in [0.15, 0.2) is 6.10 Å². The Hall–Kier alpha value is -6.45. The van der Waals surface area contributed by atoms with E-state index in [4.69, 9.17) is 24.3 Å². The average Bonchev–Trinajstić information content (AvgIpc) is 1.01. The number of nitrogens with two attached hydrogens (primary N) is 1. The fourth-order valence-electron chi connectivity index (χ4n) is 9.73. The fraction of sp³-hybridized carbons (Fsp3) is 0.516. The number of carbonyl (C=O) groups is 2. The molecule has 0 spiro atoms. The monoisotopic (exact) mass is 1410 g/mol. The summed E-state index contributed by atoms with van der Waals surface area (Å²) in [4.78, 5) is 35.4. The Morgan fingerprint density at radius 1 is 0.297 bits per heavy atom. The number of unbranched alkanes of at least 4 members (excludes halogenated alkanes) is 15. The van der Waals surface area contributed by atoms with Gasteiger partial charge in [0.1, 0.15) is 6.61 Å². The van der Waals surface area contributed by atoms with Crippen LogP contribution in [0, 0.1) is 0 Å². The summed E-state index contributed by atoms with van der Waals surface area (Å²) in [5.41, 5.74) is 5.41. The predicted molar refractivity (Wildman–Crippen MR) is 440 cm³/mol. The van der Waals surface area contributed by atoms with E-state index in [2.05, 4.69) is 269 Å².